The Hall–Kier alpha value is -6.33. The summed E-state index contributed by atoms with van der Waals surface area (Å²) in [5.74, 6) is 0.905. The molecule has 8 aromatic rings. The lowest BCUT2D eigenvalue weighted by Crippen LogP contribution is -2.12. The average molecular weight is 620 g/mol. The van der Waals surface area contributed by atoms with E-state index in [0.29, 0.717) is 0 Å². The molecule has 230 valence electrons. The summed E-state index contributed by atoms with van der Waals surface area (Å²) >= 11 is 0. The van der Waals surface area contributed by atoms with Crippen LogP contribution >= 0.6 is 0 Å². The van der Waals surface area contributed by atoms with Crippen molar-refractivity contribution >= 4 is 28.1 Å². The summed E-state index contributed by atoms with van der Waals surface area (Å²) in [6, 6.07) is 52.6. The van der Waals surface area contributed by atoms with Crippen LogP contribution in [0, 0.1) is 13.8 Å². The van der Waals surface area contributed by atoms with Crippen molar-refractivity contribution in [1.29, 1.82) is 0 Å². The minimum absolute atomic E-state index is 0.823. The first kappa shape index (κ1) is 29.1. The van der Waals surface area contributed by atoms with Gasteiger partial charge in [-0.1, -0.05) is 103 Å². The molecule has 0 spiro atoms. The lowest BCUT2D eigenvalue weighted by molar-refractivity contribution is 1.10. The molecule has 0 fully saturated rings. The summed E-state index contributed by atoms with van der Waals surface area (Å²) in [6.45, 7) is 4.31. The Morgan fingerprint density at radius 2 is 0.979 bits per heavy atom. The van der Waals surface area contributed by atoms with Crippen molar-refractivity contribution in [3.63, 3.8) is 0 Å². The molecule has 0 saturated carbocycles. The molecule has 0 N–H and O–H groups in total. The summed E-state index contributed by atoms with van der Waals surface area (Å²) in [5, 5.41) is 0. The van der Waals surface area contributed by atoms with Crippen LogP contribution in [0.2, 0.25) is 0 Å². The van der Waals surface area contributed by atoms with Crippen LogP contribution in [0.15, 0.2) is 164 Å². The van der Waals surface area contributed by atoms with E-state index in [1.54, 1.807) is 0 Å². The fraction of sp³-hybridized carbons (Fsp3) is 0.0465. The quantitative estimate of drug-likeness (QED) is 0.178. The lowest BCUT2D eigenvalue weighted by Gasteiger charge is -2.28. The maximum Gasteiger partial charge on any atom is 0.145 e. The van der Waals surface area contributed by atoms with Gasteiger partial charge in [-0.25, -0.2) is 4.98 Å². The highest BCUT2D eigenvalue weighted by atomic mass is 15.1. The smallest absolute Gasteiger partial charge is 0.145 e. The Labute approximate surface area is 280 Å². The van der Waals surface area contributed by atoms with Crippen molar-refractivity contribution in [3.8, 4) is 39.6 Å². The highest BCUT2D eigenvalue weighted by Gasteiger charge is 2.17. The third-order valence-electron chi connectivity index (χ3n) is 8.80. The molecule has 0 aliphatic heterocycles. The Bertz CT molecular complexity index is 2290. The number of nitrogens with zero attached hydrogens (tertiary/aromatic N) is 5. The third-order valence-corrected chi connectivity index (χ3v) is 8.80. The normalized spacial score (nSPS) is 11.1. The molecule has 8 rings (SSSR count). The molecule has 6 aromatic carbocycles. The Balaban J connectivity index is 1.07. The van der Waals surface area contributed by atoms with Crippen molar-refractivity contribution in [1.82, 2.24) is 19.5 Å². The molecule has 2 aromatic heterocycles. The van der Waals surface area contributed by atoms with Gasteiger partial charge in [-0.05, 0) is 73.5 Å². The maximum absolute atomic E-state index is 5.00. The molecule has 0 aliphatic rings. The molecule has 0 atom stereocenters. The fourth-order valence-electron chi connectivity index (χ4n) is 6.29. The Kier molecular flexibility index (Phi) is 7.55. The van der Waals surface area contributed by atoms with Crippen molar-refractivity contribution in [2.45, 2.75) is 13.8 Å². The van der Waals surface area contributed by atoms with Gasteiger partial charge in [0.15, 0.2) is 0 Å². The number of hydrogen-bond donors (Lipinski definition) is 0. The van der Waals surface area contributed by atoms with Gasteiger partial charge >= 0.3 is 0 Å². The number of aromatic nitrogens is 4. The van der Waals surface area contributed by atoms with Crippen molar-refractivity contribution < 1.29 is 0 Å². The first-order chi connectivity index (χ1) is 23.6. The van der Waals surface area contributed by atoms with E-state index < -0.39 is 0 Å². The summed E-state index contributed by atoms with van der Waals surface area (Å²) in [7, 11) is 0. The van der Waals surface area contributed by atoms with Crippen LogP contribution in [-0.2, 0) is 0 Å². The van der Waals surface area contributed by atoms with Crippen molar-refractivity contribution in [3.05, 3.63) is 175 Å². The first-order valence-corrected chi connectivity index (χ1v) is 16.1. The van der Waals surface area contributed by atoms with E-state index >= 15 is 0 Å². The van der Waals surface area contributed by atoms with Crippen LogP contribution in [0.5, 0.6) is 0 Å². The molecular weight excluding hydrogens is 587 g/mol. The van der Waals surface area contributed by atoms with Crippen LogP contribution in [0.3, 0.4) is 0 Å². The van der Waals surface area contributed by atoms with Gasteiger partial charge in [0.05, 0.1) is 34.8 Å². The number of hydrogen-bond acceptors (Lipinski definition) is 4. The molecule has 48 heavy (non-hydrogen) atoms. The van der Waals surface area contributed by atoms with Crippen LogP contribution in [0.25, 0.3) is 50.6 Å². The van der Waals surface area contributed by atoms with Gasteiger partial charge in [-0.3, -0.25) is 14.5 Å². The number of benzene rings is 6. The van der Waals surface area contributed by atoms with E-state index in [2.05, 4.69) is 163 Å². The molecule has 5 nitrogen and oxygen atoms in total. The largest absolute Gasteiger partial charge is 0.310 e. The average Bonchev–Trinajstić information content (AvgIpc) is 3.54. The van der Waals surface area contributed by atoms with E-state index in [0.717, 1.165) is 67.7 Å². The zero-order valence-corrected chi connectivity index (χ0v) is 26.8. The minimum atomic E-state index is 0.823. The molecule has 0 unspecified atom stereocenters. The second-order valence-corrected chi connectivity index (χ2v) is 11.9. The predicted molar refractivity (Wildman–Crippen MR) is 197 cm³/mol. The van der Waals surface area contributed by atoms with Crippen LogP contribution in [0.1, 0.15) is 11.1 Å². The molecule has 0 radical (unpaired) electrons. The van der Waals surface area contributed by atoms with E-state index in [4.69, 9.17) is 15.0 Å². The number of rotatable bonds is 7. The number of aryl methyl sites for hydroxylation is 2. The number of para-hydroxylation sites is 5. The monoisotopic (exact) mass is 619 g/mol. The SMILES string of the molecule is Cc1ccccc1N(c1ccc(-c2cnc(-c3ccc(-c4nc5ccccc5n4-c4ccccc4)cc3)cn2)cc1)c1ccccc1C. The summed E-state index contributed by atoms with van der Waals surface area (Å²) in [6.07, 6.45) is 3.71. The number of fused-ring (bicyclic) bond motifs is 1. The minimum Gasteiger partial charge on any atom is -0.310 e. The maximum atomic E-state index is 5.00. The standard InChI is InChI=1S/C43H33N5/c1-30-12-6-9-17-40(30)47(41-18-10-7-13-31(41)2)36-26-24-33(25-27-36)39-29-44-38(28-45-39)32-20-22-34(23-21-32)43-46-37-16-8-11-19-42(37)48(43)35-14-4-3-5-15-35/h3-29H,1-2H3. The van der Waals surface area contributed by atoms with E-state index in [-0.39, 0.29) is 0 Å². The van der Waals surface area contributed by atoms with E-state index in [9.17, 15) is 0 Å². The third kappa shape index (κ3) is 5.41. The highest BCUT2D eigenvalue weighted by Crippen LogP contribution is 2.38. The number of imidazole rings is 1. The van der Waals surface area contributed by atoms with Gasteiger partial charge in [0.25, 0.3) is 0 Å². The van der Waals surface area contributed by atoms with Crippen LogP contribution in [0.4, 0.5) is 17.1 Å². The predicted octanol–water partition coefficient (Wildman–Crippen LogP) is 10.9. The zero-order valence-electron chi connectivity index (χ0n) is 26.8. The summed E-state index contributed by atoms with van der Waals surface area (Å²) in [5.41, 5.74) is 13.7. The first-order valence-electron chi connectivity index (χ1n) is 16.1. The molecule has 0 bridgehead atoms. The van der Waals surface area contributed by atoms with Gasteiger partial charge in [0.1, 0.15) is 5.82 Å². The van der Waals surface area contributed by atoms with Gasteiger partial charge < -0.3 is 4.90 Å². The molecule has 0 amide bonds. The summed E-state index contributed by atoms with van der Waals surface area (Å²) in [4.78, 5) is 16.9. The molecule has 0 aliphatic carbocycles. The van der Waals surface area contributed by atoms with Gasteiger partial charge in [0.2, 0.25) is 0 Å². The van der Waals surface area contributed by atoms with Gasteiger partial charge in [-0.2, -0.15) is 0 Å². The molecule has 2 heterocycles. The topological polar surface area (TPSA) is 46.8 Å². The van der Waals surface area contributed by atoms with Crippen molar-refractivity contribution in [2.24, 2.45) is 0 Å². The zero-order chi connectivity index (χ0) is 32.5. The van der Waals surface area contributed by atoms with Crippen LogP contribution < -0.4 is 4.90 Å². The second kappa shape index (κ2) is 12.5. The fourth-order valence-corrected chi connectivity index (χ4v) is 6.29. The van der Waals surface area contributed by atoms with E-state index in [1.807, 2.05) is 24.5 Å². The van der Waals surface area contributed by atoms with Crippen molar-refractivity contribution in [2.75, 3.05) is 4.90 Å². The van der Waals surface area contributed by atoms with Gasteiger partial charge in [-0.15, -0.1) is 0 Å². The molecule has 5 heteroatoms. The van der Waals surface area contributed by atoms with Crippen LogP contribution in [-0.4, -0.2) is 19.5 Å². The number of anilines is 3. The lowest BCUT2D eigenvalue weighted by atomic mass is 10.1. The Morgan fingerprint density at radius 3 is 1.56 bits per heavy atom. The van der Waals surface area contributed by atoms with Gasteiger partial charge in [0, 0.05) is 39.4 Å². The Morgan fingerprint density at radius 1 is 0.479 bits per heavy atom. The summed E-state index contributed by atoms with van der Waals surface area (Å²) < 4.78 is 2.21. The molecule has 0 saturated heterocycles. The van der Waals surface area contributed by atoms with E-state index in [1.165, 1.54) is 11.1 Å². The molecular formula is C43H33N5. The highest BCUT2D eigenvalue weighted by molar-refractivity contribution is 5.84. The second-order valence-electron chi connectivity index (χ2n) is 11.9.